The van der Waals surface area contributed by atoms with Crippen LogP contribution in [0.25, 0.3) is 6.08 Å². The molecule has 0 fully saturated rings. The highest BCUT2D eigenvalue weighted by Gasteiger charge is 2.03. The summed E-state index contributed by atoms with van der Waals surface area (Å²) in [6, 6.07) is 13.4. The average molecular weight is 251 g/mol. The molecule has 0 radical (unpaired) electrons. The highest BCUT2D eigenvalue weighted by atomic mass is 16.1. The predicted molar refractivity (Wildman–Crippen MR) is 78.1 cm³/mol. The van der Waals surface area contributed by atoms with E-state index in [9.17, 15) is 4.79 Å². The van der Waals surface area contributed by atoms with Crippen LogP contribution in [0.3, 0.4) is 0 Å². The topological polar surface area (TPSA) is 30.0 Å². The minimum Gasteiger partial charge on any atom is -0.289 e. The molecule has 0 bridgehead atoms. The number of pyridine rings is 1. The van der Waals surface area contributed by atoms with Crippen LogP contribution in [-0.2, 0) is 0 Å². The summed E-state index contributed by atoms with van der Waals surface area (Å²) in [6.07, 6.45) is 5.01. The van der Waals surface area contributed by atoms with Crippen molar-refractivity contribution in [1.29, 1.82) is 0 Å². The molecular formula is C17H17NO. The molecule has 0 saturated carbocycles. The fraction of sp³-hybridized carbons (Fsp3) is 0.176. The third-order valence-corrected chi connectivity index (χ3v) is 2.96. The van der Waals surface area contributed by atoms with Crippen LogP contribution < -0.4 is 0 Å². The molecule has 0 N–H and O–H groups in total. The lowest BCUT2D eigenvalue weighted by Gasteiger charge is -2.05. The lowest BCUT2D eigenvalue weighted by molar-refractivity contribution is 0.104. The van der Waals surface area contributed by atoms with Crippen LogP contribution in [-0.4, -0.2) is 10.8 Å². The van der Waals surface area contributed by atoms with E-state index in [0.29, 0.717) is 11.5 Å². The largest absolute Gasteiger partial charge is 0.289 e. The molecule has 0 saturated heterocycles. The third kappa shape index (κ3) is 3.62. The van der Waals surface area contributed by atoms with Gasteiger partial charge in [0.25, 0.3) is 0 Å². The van der Waals surface area contributed by atoms with Crippen molar-refractivity contribution in [3.8, 4) is 0 Å². The molecule has 0 spiro atoms. The zero-order valence-corrected chi connectivity index (χ0v) is 11.2. The Kier molecular flexibility index (Phi) is 4.24. The van der Waals surface area contributed by atoms with E-state index in [1.165, 1.54) is 5.56 Å². The van der Waals surface area contributed by atoms with Crippen molar-refractivity contribution in [2.45, 2.75) is 19.8 Å². The Morgan fingerprint density at radius 3 is 2.42 bits per heavy atom. The number of benzene rings is 1. The van der Waals surface area contributed by atoms with Crippen molar-refractivity contribution in [2.75, 3.05) is 0 Å². The van der Waals surface area contributed by atoms with Gasteiger partial charge in [-0.1, -0.05) is 44.2 Å². The second-order valence-electron chi connectivity index (χ2n) is 4.73. The molecule has 19 heavy (non-hydrogen) atoms. The van der Waals surface area contributed by atoms with Crippen molar-refractivity contribution in [3.05, 3.63) is 71.6 Å². The van der Waals surface area contributed by atoms with Gasteiger partial charge in [-0.05, 0) is 35.8 Å². The molecule has 96 valence electrons. The van der Waals surface area contributed by atoms with E-state index < -0.39 is 0 Å². The van der Waals surface area contributed by atoms with E-state index in [-0.39, 0.29) is 5.78 Å². The summed E-state index contributed by atoms with van der Waals surface area (Å²) in [5.74, 6) is 0.481. The smallest absolute Gasteiger partial charge is 0.185 e. The fourth-order valence-electron chi connectivity index (χ4n) is 1.76. The maximum absolute atomic E-state index is 12.0. The Bertz CT molecular complexity index is 568. The SMILES string of the molecule is CC(C)c1ccc(C(=O)/C=C/c2ccccn2)cc1. The first kappa shape index (κ1) is 13.2. The van der Waals surface area contributed by atoms with Crippen LogP contribution in [0.15, 0.2) is 54.7 Å². The van der Waals surface area contributed by atoms with Crippen LogP contribution in [0.4, 0.5) is 0 Å². The zero-order valence-electron chi connectivity index (χ0n) is 11.2. The van der Waals surface area contributed by atoms with Crippen LogP contribution in [0.2, 0.25) is 0 Å². The molecule has 0 aliphatic carbocycles. The number of hydrogen-bond donors (Lipinski definition) is 0. The number of ketones is 1. The maximum atomic E-state index is 12.0. The molecule has 1 heterocycles. The maximum Gasteiger partial charge on any atom is 0.185 e. The van der Waals surface area contributed by atoms with E-state index in [0.717, 1.165) is 5.69 Å². The molecule has 0 unspecified atom stereocenters. The van der Waals surface area contributed by atoms with Gasteiger partial charge in [0.1, 0.15) is 0 Å². The number of nitrogens with zero attached hydrogens (tertiary/aromatic N) is 1. The van der Waals surface area contributed by atoms with Crippen molar-refractivity contribution >= 4 is 11.9 Å². The first-order valence-corrected chi connectivity index (χ1v) is 6.40. The summed E-state index contributed by atoms with van der Waals surface area (Å²) < 4.78 is 0. The molecule has 1 aromatic carbocycles. The highest BCUT2D eigenvalue weighted by molar-refractivity contribution is 6.06. The summed E-state index contributed by atoms with van der Waals surface area (Å²) in [6.45, 7) is 4.27. The number of carbonyl (C=O) groups is 1. The minimum atomic E-state index is 0.000888. The van der Waals surface area contributed by atoms with Gasteiger partial charge in [-0.25, -0.2) is 0 Å². The Labute approximate surface area is 113 Å². The van der Waals surface area contributed by atoms with Gasteiger partial charge in [-0.15, -0.1) is 0 Å². The minimum absolute atomic E-state index is 0.000888. The van der Waals surface area contributed by atoms with Gasteiger partial charge in [0.05, 0.1) is 5.69 Å². The van der Waals surface area contributed by atoms with Gasteiger partial charge >= 0.3 is 0 Å². The zero-order chi connectivity index (χ0) is 13.7. The predicted octanol–water partition coefficient (Wildman–Crippen LogP) is 4.10. The number of carbonyl (C=O) groups excluding carboxylic acids is 1. The molecule has 2 nitrogen and oxygen atoms in total. The van der Waals surface area contributed by atoms with Gasteiger partial charge in [0, 0.05) is 11.8 Å². The Morgan fingerprint density at radius 1 is 1.11 bits per heavy atom. The monoisotopic (exact) mass is 251 g/mol. The normalized spacial score (nSPS) is 11.1. The van der Waals surface area contributed by atoms with Crippen molar-refractivity contribution in [1.82, 2.24) is 4.98 Å². The number of rotatable bonds is 4. The van der Waals surface area contributed by atoms with E-state index in [1.807, 2.05) is 42.5 Å². The van der Waals surface area contributed by atoms with Crippen molar-refractivity contribution < 1.29 is 4.79 Å². The van der Waals surface area contributed by atoms with Crippen LogP contribution >= 0.6 is 0 Å². The average Bonchev–Trinajstić information content (AvgIpc) is 2.46. The van der Waals surface area contributed by atoms with Gasteiger partial charge < -0.3 is 0 Å². The Hall–Kier alpha value is -2.22. The van der Waals surface area contributed by atoms with Crippen LogP contribution in [0.5, 0.6) is 0 Å². The summed E-state index contributed by atoms with van der Waals surface area (Å²) in [5.41, 5.74) is 2.73. The lowest BCUT2D eigenvalue weighted by Crippen LogP contribution is -1.95. The standard InChI is InChI=1S/C17H17NO/c1-13(2)14-6-8-15(9-7-14)17(19)11-10-16-5-3-4-12-18-16/h3-13H,1-2H3/b11-10+. The van der Waals surface area contributed by atoms with E-state index in [4.69, 9.17) is 0 Å². The number of aromatic nitrogens is 1. The van der Waals surface area contributed by atoms with Crippen LogP contribution in [0, 0.1) is 0 Å². The summed E-state index contributed by atoms with van der Waals surface area (Å²) in [7, 11) is 0. The fourth-order valence-corrected chi connectivity index (χ4v) is 1.76. The number of hydrogen-bond acceptors (Lipinski definition) is 2. The molecule has 1 aromatic heterocycles. The molecule has 2 rings (SSSR count). The molecular weight excluding hydrogens is 234 g/mol. The van der Waals surface area contributed by atoms with Crippen molar-refractivity contribution in [2.24, 2.45) is 0 Å². The first-order chi connectivity index (χ1) is 9.16. The summed E-state index contributed by atoms with van der Waals surface area (Å²) in [4.78, 5) is 16.1. The quantitative estimate of drug-likeness (QED) is 0.605. The van der Waals surface area contributed by atoms with Gasteiger partial charge in [-0.2, -0.15) is 0 Å². The highest BCUT2D eigenvalue weighted by Crippen LogP contribution is 2.15. The molecule has 2 heteroatoms. The van der Waals surface area contributed by atoms with Gasteiger partial charge in [0.2, 0.25) is 0 Å². The second-order valence-corrected chi connectivity index (χ2v) is 4.73. The molecule has 0 amide bonds. The molecule has 2 aromatic rings. The van der Waals surface area contributed by atoms with E-state index >= 15 is 0 Å². The van der Waals surface area contributed by atoms with Crippen molar-refractivity contribution in [3.63, 3.8) is 0 Å². The summed E-state index contributed by atoms with van der Waals surface area (Å²) in [5, 5.41) is 0. The van der Waals surface area contributed by atoms with E-state index in [1.54, 1.807) is 18.3 Å². The Morgan fingerprint density at radius 2 is 1.84 bits per heavy atom. The van der Waals surface area contributed by atoms with Crippen LogP contribution in [0.1, 0.15) is 41.4 Å². The third-order valence-electron chi connectivity index (χ3n) is 2.96. The van der Waals surface area contributed by atoms with E-state index in [2.05, 4.69) is 18.8 Å². The molecule has 0 atom stereocenters. The van der Waals surface area contributed by atoms with Gasteiger partial charge in [-0.3, -0.25) is 9.78 Å². The Balaban J connectivity index is 2.10. The second kappa shape index (κ2) is 6.10. The van der Waals surface area contributed by atoms with Gasteiger partial charge in [0.15, 0.2) is 5.78 Å². The molecule has 0 aliphatic heterocycles. The molecule has 0 aliphatic rings. The summed E-state index contributed by atoms with van der Waals surface area (Å²) >= 11 is 0. The first-order valence-electron chi connectivity index (χ1n) is 6.40. The lowest BCUT2D eigenvalue weighted by atomic mass is 10.0. The number of allylic oxidation sites excluding steroid dienone is 1.